The van der Waals surface area contributed by atoms with Gasteiger partial charge in [-0.2, -0.15) is 0 Å². The lowest BCUT2D eigenvalue weighted by atomic mass is 9.93. The van der Waals surface area contributed by atoms with Gasteiger partial charge in [-0.15, -0.1) is 0 Å². The fraction of sp³-hybridized carbons (Fsp3) is 0.733. The van der Waals surface area contributed by atoms with E-state index in [9.17, 15) is 0 Å². The summed E-state index contributed by atoms with van der Waals surface area (Å²) in [6, 6.07) is 1.92. The number of anilines is 1. The Morgan fingerprint density at radius 3 is 2.40 bits per heavy atom. The second-order valence-corrected chi connectivity index (χ2v) is 5.36. The SMILES string of the molecule is CNc1cc(COC)nc(C2(OC)CCCCCC2)n1. The van der Waals surface area contributed by atoms with Gasteiger partial charge in [0.15, 0.2) is 5.82 Å². The largest absolute Gasteiger partial charge is 0.378 e. The minimum atomic E-state index is -0.341. The van der Waals surface area contributed by atoms with E-state index in [2.05, 4.69) is 15.3 Å². The van der Waals surface area contributed by atoms with E-state index in [4.69, 9.17) is 9.47 Å². The van der Waals surface area contributed by atoms with Crippen LogP contribution in [0.1, 0.15) is 50.0 Å². The van der Waals surface area contributed by atoms with Gasteiger partial charge < -0.3 is 14.8 Å². The van der Waals surface area contributed by atoms with Crippen LogP contribution in [0.3, 0.4) is 0 Å². The molecule has 0 aliphatic heterocycles. The maximum atomic E-state index is 5.88. The zero-order chi connectivity index (χ0) is 14.4. The summed E-state index contributed by atoms with van der Waals surface area (Å²) in [5.41, 5.74) is 0.550. The van der Waals surface area contributed by atoms with Gasteiger partial charge in [0.1, 0.15) is 11.4 Å². The Morgan fingerprint density at radius 1 is 1.15 bits per heavy atom. The Balaban J connectivity index is 2.38. The maximum absolute atomic E-state index is 5.88. The van der Waals surface area contributed by atoms with Gasteiger partial charge in [-0.05, 0) is 12.8 Å². The van der Waals surface area contributed by atoms with Crippen LogP contribution in [0.2, 0.25) is 0 Å². The molecule has 1 heterocycles. The molecule has 0 bridgehead atoms. The van der Waals surface area contributed by atoms with Crippen molar-refractivity contribution in [1.82, 2.24) is 9.97 Å². The summed E-state index contributed by atoms with van der Waals surface area (Å²) < 4.78 is 11.1. The van der Waals surface area contributed by atoms with E-state index in [0.717, 1.165) is 30.2 Å². The molecular weight excluding hydrogens is 254 g/mol. The first-order chi connectivity index (χ1) is 9.74. The molecule has 0 spiro atoms. The van der Waals surface area contributed by atoms with Crippen molar-refractivity contribution in [2.45, 2.75) is 50.7 Å². The first-order valence-corrected chi connectivity index (χ1v) is 7.34. The molecule has 1 aliphatic rings. The van der Waals surface area contributed by atoms with Gasteiger partial charge in [0.25, 0.3) is 0 Å². The van der Waals surface area contributed by atoms with Crippen LogP contribution in [0.15, 0.2) is 6.07 Å². The molecule has 1 saturated carbocycles. The molecule has 1 N–H and O–H groups in total. The third-order valence-corrected chi connectivity index (χ3v) is 4.04. The van der Waals surface area contributed by atoms with Crippen molar-refractivity contribution in [3.63, 3.8) is 0 Å². The van der Waals surface area contributed by atoms with Gasteiger partial charge >= 0.3 is 0 Å². The molecule has 0 amide bonds. The van der Waals surface area contributed by atoms with E-state index in [1.54, 1.807) is 14.2 Å². The minimum Gasteiger partial charge on any atom is -0.378 e. The number of hydrogen-bond acceptors (Lipinski definition) is 5. The zero-order valence-electron chi connectivity index (χ0n) is 12.7. The van der Waals surface area contributed by atoms with E-state index >= 15 is 0 Å². The molecule has 20 heavy (non-hydrogen) atoms. The van der Waals surface area contributed by atoms with Crippen molar-refractivity contribution in [3.05, 3.63) is 17.6 Å². The van der Waals surface area contributed by atoms with Crippen molar-refractivity contribution in [2.75, 3.05) is 26.6 Å². The highest BCUT2D eigenvalue weighted by atomic mass is 16.5. The zero-order valence-corrected chi connectivity index (χ0v) is 12.7. The lowest BCUT2D eigenvalue weighted by Crippen LogP contribution is -2.31. The quantitative estimate of drug-likeness (QED) is 0.840. The molecule has 1 fully saturated rings. The second-order valence-electron chi connectivity index (χ2n) is 5.36. The van der Waals surface area contributed by atoms with Gasteiger partial charge in [-0.25, -0.2) is 9.97 Å². The van der Waals surface area contributed by atoms with Crippen molar-refractivity contribution < 1.29 is 9.47 Å². The fourth-order valence-corrected chi connectivity index (χ4v) is 2.87. The summed E-state index contributed by atoms with van der Waals surface area (Å²) in [5, 5.41) is 3.10. The van der Waals surface area contributed by atoms with Crippen LogP contribution >= 0.6 is 0 Å². The fourth-order valence-electron chi connectivity index (χ4n) is 2.87. The van der Waals surface area contributed by atoms with Gasteiger partial charge in [-0.3, -0.25) is 0 Å². The van der Waals surface area contributed by atoms with E-state index in [1.807, 2.05) is 13.1 Å². The highest BCUT2D eigenvalue weighted by molar-refractivity contribution is 5.36. The van der Waals surface area contributed by atoms with Crippen molar-refractivity contribution in [1.29, 1.82) is 0 Å². The number of nitrogens with zero attached hydrogens (tertiary/aromatic N) is 2. The third kappa shape index (κ3) is 3.27. The number of ether oxygens (including phenoxy) is 2. The number of rotatable bonds is 5. The first-order valence-electron chi connectivity index (χ1n) is 7.34. The van der Waals surface area contributed by atoms with Crippen molar-refractivity contribution in [2.24, 2.45) is 0 Å². The molecule has 0 aromatic carbocycles. The molecule has 1 aromatic heterocycles. The monoisotopic (exact) mass is 279 g/mol. The molecule has 0 unspecified atom stereocenters. The predicted molar refractivity (Wildman–Crippen MR) is 78.7 cm³/mol. The van der Waals surface area contributed by atoms with Crippen LogP contribution in [0.25, 0.3) is 0 Å². The van der Waals surface area contributed by atoms with Crippen LogP contribution < -0.4 is 5.32 Å². The van der Waals surface area contributed by atoms with Gasteiger partial charge in [-0.1, -0.05) is 25.7 Å². The highest BCUT2D eigenvalue weighted by Gasteiger charge is 2.36. The molecule has 112 valence electrons. The van der Waals surface area contributed by atoms with Crippen LogP contribution in [0, 0.1) is 0 Å². The number of methoxy groups -OCH3 is 2. The summed E-state index contributed by atoms with van der Waals surface area (Å²) in [6.07, 6.45) is 6.84. The summed E-state index contributed by atoms with van der Waals surface area (Å²) >= 11 is 0. The Kier molecular flexibility index (Phi) is 5.31. The normalized spacial score (nSPS) is 18.6. The number of nitrogens with one attached hydrogen (secondary N) is 1. The lowest BCUT2D eigenvalue weighted by molar-refractivity contribution is -0.0354. The van der Waals surface area contributed by atoms with E-state index < -0.39 is 0 Å². The Hall–Kier alpha value is -1.20. The van der Waals surface area contributed by atoms with Crippen LogP contribution in [0.4, 0.5) is 5.82 Å². The van der Waals surface area contributed by atoms with E-state index in [0.29, 0.717) is 6.61 Å². The molecule has 1 aromatic rings. The Morgan fingerprint density at radius 2 is 1.85 bits per heavy atom. The van der Waals surface area contributed by atoms with Crippen LogP contribution in [-0.4, -0.2) is 31.2 Å². The van der Waals surface area contributed by atoms with Crippen LogP contribution in [0.5, 0.6) is 0 Å². The molecular formula is C15H25N3O2. The summed E-state index contributed by atoms with van der Waals surface area (Å²) in [5.74, 6) is 1.61. The topological polar surface area (TPSA) is 56.3 Å². The molecule has 1 aliphatic carbocycles. The van der Waals surface area contributed by atoms with Gasteiger partial charge in [0.05, 0.1) is 12.3 Å². The third-order valence-electron chi connectivity index (χ3n) is 4.04. The molecule has 5 nitrogen and oxygen atoms in total. The van der Waals surface area contributed by atoms with Crippen LogP contribution in [-0.2, 0) is 21.7 Å². The Bertz CT molecular complexity index is 429. The maximum Gasteiger partial charge on any atom is 0.162 e. The van der Waals surface area contributed by atoms with Gasteiger partial charge in [0, 0.05) is 27.3 Å². The van der Waals surface area contributed by atoms with E-state index in [1.165, 1.54) is 25.7 Å². The summed E-state index contributed by atoms with van der Waals surface area (Å²) in [7, 11) is 5.32. The predicted octanol–water partition coefficient (Wildman–Crippen LogP) is 2.86. The molecule has 0 atom stereocenters. The summed E-state index contributed by atoms with van der Waals surface area (Å²) in [4.78, 5) is 9.32. The second kappa shape index (κ2) is 6.99. The highest BCUT2D eigenvalue weighted by Crippen LogP contribution is 2.37. The Labute approximate surface area is 121 Å². The molecule has 5 heteroatoms. The van der Waals surface area contributed by atoms with Crippen molar-refractivity contribution in [3.8, 4) is 0 Å². The smallest absolute Gasteiger partial charge is 0.162 e. The number of aromatic nitrogens is 2. The molecule has 2 rings (SSSR count). The van der Waals surface area contributed by atoms with E-state index in [-0.39, 0.29) is 5.60 Å². The molecule has 0 radical (unpaired) electrons. The minimum absolute atomic E-state index is 0.341. The van der Waals surface area contributed by atoms with Crippen molar-refractivity contribution >= 4 is 5.82 Å². The average Bonchev–Trinajstić information content (AvgIpc) is 2.73. The standard InChI is InChI=1S/C15H25N3O2/c1-16-13-10-12(11-19-2)17-14(18-13)15(20-3)8-6-4-5-7-9-15/h10H,4-9,11H2,1-3H3,(H,16,17,18). The number of hydrogen-bond donors (Lipinski definition) is 1. The van der Waals surface area contributed by atoms with Gasteiger partial charge in [0.2, 0.25) is 0 Å². The molecule has 0 saturated heterocycles. The lowest BCUT2D eigenvalue weighted by Gasteiger charge is -2.30. The summed E-state index contributed by atoms with van der Waals surface area (Å²) in [6.45, 7) is 0.490. The first kappa shape index (κ1) is 15.2. The average molecular weight is 279 g/mol.